The van der Waals surface area contributed by atoms with Gasteiger partial charge in [0.25, 0.3) is 0 Å². The first-order chi connectivity index (χ1) is 11.7. The van der Waals surface area contributed by atoms with Crippen molar-refractivity contribution in [2.45, 2.75) is 13.8 Å². The Morgan fingerprint density at radius 3 is 1.92 bits per heavy atom. The van der Waals surface area contributed by atoms with Gasteiger partial charge in [-0.05, 0) is 43.2 Å². The maximum atomic E-state index is 4.99. The fourth-order valence-electron chi connectivity index (χ4n) is 3.77. The van der Waals surface area contributed by atoms with Crippen LogP contribution in [0.3, 0.4) is 0 Å². The van der Waals surface area contributed by atoms with Crippen LogP contribution in [0.2, 0.25) is 0 Å². The number of pyridine rings is 2. The first-order valence-electron chi connectivity index (χ1n) is 8.21. The third kappa shape index (κ3) is 1.71. The van der Waals surface area contributed by atoms with Gasteiger partial charge in [-0.1, -0.05) is 42.5 Å². The van der Waals surface area contributed by atoms with Crippen molar-refractivity contribution in [1.82, 2.24) is 9.97 Å². The third-order valence-electron chi connectivity index (χ3n) is 5.02. The molecule has 0 unspecified atom stereocenters. The smallest absolute Gasteiger partial charge is 0.0809 e. The van der Waals surface area contributed by atoms with E-state index in [0.29, 0.717) is 0 Å². The van der Waals surface area contributed by atoms with E-state index in [-0.39, 0.29) is 0 Å². The number of para-hydroxylation sites is 2. The molecule has 3 aromatic carbocycles. The quantitative estimate of drug-likeness (QED) is 0.270. The molecule has 0 spiro atoms. The SMILES string of the molecule is Cc1c2ccccc2nc2c1ccc1nc3ccccc3c(C)c12. The Kier molecular flexibility index (Phi) is 2.66. The summed E-state index contributed by atoms with van der Waals surface area (Å²) in [5.41, 5.74) is 6.69. The minimum atomic E-state index is 1.01. The predicted octanol–water partition coefficient (Wildman–Crippen LogP) is 5.71. The molecule has 0 amide bonds. The number of nitrogens with zero attached hydrogens (tertiary/aromatic N) is 2. The second-order valence-electron chi connectivity index (χ2n) is 6.36. The Labute approximate surface area is 139 Å². The normalized spacial score (nSPS) is 11.8. The highest BCUT2D eigenvalue weighted by Gasteiger charge is 2.12. The maximum absolute atomic E-state index is 4.99. The Morgan fingerprint density at radius 1 is 0.542 bits per heavy atom. The first kappa shape index (κ1) is 13.4. The minimum absolute atomic E-state index is 1.01. The van der Waals surface area contributed by atoms with E-state index >= 15 is 0 Å². The molecule has 0 radical (unpaired) electrons. The summed E-state index contributed by atoms with van der Waals surface area (Å²) >= 11 is 0. The molecule has 2 heterocycles. The first-order valence-corrected chi connectivity index (χ1v) is 8.21. The monoisotopic (exact) mass is 308 g/mol. The summed E-state index contributed by atoms with van der Waals surface area (Å²) in [7, 11) is 0. The summed E-state index contributed by atoms with van der Waals surface area (Å²) < 4.78 is 0. The Bertz CT molecular complexity index is 1270. The van der Waals surface area contributed by atoms with E-state index < -0.39 is 0 Å². The van der Waals surface area contributed by atoms with E-state index in [1.807, 2.05) is 12.1 Å². The van der Waals surface area contributed by atoms with Crippen molar-refractivity contribution in [3.8, 4) is 0 Å². The maximum Gasteiger partial charge on any atom is 0.0809 e. The highest BCUT2D eigenvalue weighted by atomic mass is 14.7. The minimum Gasteiger partial charge on any atom is -0.248 e. The van der Waals surface area contributed by atoms with Crippen LogP contribution < -0.4 is 0 Å². The number of hydrogen-bond donors (Lipinski definition) is 0. The second kappa shape index (κ2) is 4.75. The molecule has 0 aliphatic carbocycles. The Hall–Kier alpha value is -3.00. The average Bonchev–Trinajstić information content (AvgIpc) is 2.62. The van der Waals surface area contributed by atoms with Gasteiger partial charge in [-0.3, -0.25) is 0 Å². The van der Waals surface area contributed by atoms with Crippen LogP contribution in [0.4, 0.5) is 0 Å². The Morgan fingerprint density at radius 2 is 1.17 bits per heavy atom. The van der Waals surface area contributed by atoms with Crippen LogP contribution in [0, 0.1) is 13.8 Å². The summed E-state index contributed by atoms with van der Waals surface area (Å²) in [4.78, 5) is 9.85. The lowest BCUT2D eigenvalue weighted by molar-refractivity contribution is 1.43. The van der Waals surface area contributed by atoms with Crippen molar-refractivity contribution >= 4 is 43.6 Å². The number of fused-ring (bicyclic) bond motifs is 5. The largest absolute Gasteiger partial charge is 0.248 e. The van der Waals surface area contributed by atoms with Gasteiger partial charge in [0.05, 0.1) is 22.1 Å². The molecule has 0 saturated carbocycles. The molecule has 0 aliphatic rings. The zero-order valence-electron chi connectivity index (χ0n) is 13.7. The summed E-state index contributed by atoms with van der Waals surface area (Å²) in [5, 5.41) is 4.79. The lowest BCUT2D eigenvalue weighted by Gasteiger charge is -2.12. The van der Waals surface area contributed by atoms with Crippen molar-refractivity contribution in [2.24, 2.45) is 0 Å². The van der Waals surface area contributed by atoms with Gasteiger partial charge in [0.2, 0.25) is 0 Å². The molecule has 0 atom stereocenters. The van der Waals surface area contributed by atoms with Gasteiger partial charge in [0.1, 0.15) is 0 Å². The molecule has 0 fully saturated rings. The van der Waals surface area contributed by atoms with Gasteiger partial charge in [0.15, 0.2) is 0 Å². The molecule has 0 bridgehead atoms. The van der Waals surface area contributed by atoms with E-state index in [1.165, 1.54) is 32.7 Å². The van der Waals surface area contributed by atoms with E-state index in [0.717, 1.165) is 22.1 Å². The van der Waals surface area contributed by atoms with Crippen LogP contribution in [-0.4, -0.2) is 9.97 Å². The molecule has 5 aromatic rings. The molecular formula is C22H16N2. The summed E-state index contributed by atoms with van der Waals surface area (Å²) in [6, 6.07) is 21.0. The highest BCUT2D eigenvalue weighted by Crippen LogP contribution is 2.33. The van der Waals surface area contributed by atoms with Crippen LogP contribution in [0.15, 0.2) is 60.7 Å². The van der Waals surface area contributed by atoms with Gasteiger partial charge >= 0.3 is 0 Å². The molecule has 2 nitrogen and oxygen atoms in total. The molecule has 5 rings (SSSR count). The van der Waals surface area contributed by atoms with Gasteiger partial charge in [-0.15, -0.1) is 0 Å². The van der Waals surface area contributed by atoms with Crippen LogP contribution >= 0.6 is 0 Å². The third-order valence-corrected chi connectivity index (χ3v) is 5.02. The van der Waals surface area contributed by atoms with Crippen LogP contribution in [0.25, 0.3) is 43.6 Å². The lowest BCUT2D eigenvalue weighted by atomic mass is 9.97. The number of aryl methyl sites for hydroxylation is 2. The molecule has 2 heteroatoms. The van der Waals surface area contributed by atoms with E-state index in [9.17, 15) is 0 Å². The van der Waals surface area contributed by atoms with Crippen LogP contribution in [-0.2, 0) is 0 Å². The molecule has 2 aromatic heterocycles. The van der Waals surface area contributed by atoms with Crippen LogP contribution in [0.5, 0.6) is 0 Å². The zero-order valence-corrected chi connectivity index (χ0v) is 13.7. The van der Waals surface area contributed by atoms with Crippen molar-refractivity contribution < 1.29 is 0 Å². The van der Waals surface area contributed by atoms with Gasteiger partial charge in [-0.25, -0.2) is 9.97 Å². The Balaban J connectivity index is 2.08. The van der Waals surface area contributed by atoms with E-state index in [1.54, 1.807) is 0 Å². The number of aromatic nitrogens is 2. The number of rotatable bonds is 0. The standard InChI is InChI=1S/C22H16N2/c1-13-15-7-3-6-10-19(15)24-22-17(13)11-12-20-21(22)14(2)16-8-4-5-9-18(16)23-20/h3-12H,1-2H3. The van der Waals surface area contributed by atoms with Gasteiger partial charge < -0.3 is 0 Å². The van der Waals surface area contributed by atoms with Gasteiger partial charge in [-0.2, -0.15) is 0 Å². The molecule has 114 valence electrons. The number of hydrogen-bond acceptors (Lipinski definition) is 2. The van der Waals surface area contributed by atoms with Crippen molar-refractivity contribution in [3.05, 3.63) is 71.8 Å². The summed E-state index contributed by atoms with van der Waals surface area (Å²) in [6.45, 7) is 4.36. The number of benzene rings is 3. The lowest BCUT2D eigenvalue weighted by Crippen LogP contribution is -1.93. The molecular weight excluding hydrogens is 292 g/mol. The van der Waals surface area contributed by atoms with Gasteiger partial charge in [0, 0.05) is 21.5 Å². The zero-order chi connectivity index (χ0) is 16.3. The fraction of sp³-hybridized carbons (Fsp3) is 0.0909. The molecule has 0 aliphatic heterocycles. The van der Waals surface area contributed by atoms with Crippen molar-refractivity contribution in [2.75, 3.05) is 0 Å². The van der Waals surface area contributed by atoms with Crippen molar-refractivity contribution in [3.63, 3.8) is 0 Å². The topological polar surface area (TPSA) is 25.8 Å². The fourth-order valence-corrected chi connectivity index (χ4v) is 3.77. The molecule has 0 saturated heterocycles. The summed E-state index contributed by atoms with van der Waals surface area (Å²) in [5.74, 6) is 0. The molecule has 0 N–H and O–H groups in total. The van der Waals surface area contributed by atoms with E-state index in [2.05, 4.69) is 62.4 Å². The van der Waals surface area contributed by atoms with Crippen LogP contribution in [0.1, 0.15) is 11.1 Å². The second-order valence-corrected chi connectivity index (χ2v) is 6.36. The summed E-state index contributed by atoms with van der Waals surface area (Å²) in [6.07, 6.45) is 0. The average molecular weight is 308 g/mol. The van der Waals surface area contributed by atoms with Crippen molar-refractivity contribution in [1.29, 1.82) is 0 Å². The molecule has 24 heavy (non-hydrogen) atoms. The van der Waals surface area contributed by atoms with E-state index in [4.69, 9.17) is 9.97 Å². The highest BCUT2D eigenvalue weighted by molar-refractivity contribution is 6.13. The predicted molar refractivity (Wildman–Crippen MR) is 102 cm³/mol.